The number of aromatic nitrogens is 4. The van der Waals surface area contributed by atoms with E-state index in [0.717, 1.165) is 48.3 Å². The topological polar surface area (TPSA) is 90.2 Å². The third-order valence-electron chi connectivity index (χ3n) is 4.97. The predicted molar refractivity (Wildman–Crippen MR) is 109 cm³/mol. The van der Waals surface area contributed by atoms with Crippen LogP contribution in [-0.4, -0.2) is 51.2 Å². The number of esters is 1. The van der Waals surface area contributed by atoms with Gasteiger partial charge in [0.15, 0.2) is 23.3 Å². The van der Waals surface area contributed by atoms with Crippen LogP contribution in [0.25, 0.3) is 5.13 Å². The Morgan fingerprint density at radius 2 is 1.97 bits per heavy atom. The van der Waals surface area contributed by atoms with Gasteiger partial charge in [-0.3, -0.25) is 9.36 Å². The van der Waals surface area contributed by atoms with Crippen LogP contribution in [0.5, 0.6) is 0 Å². The number of carbonyl (C=O) groups excluding carboxylic acids is 2. The first-order valence-electron chi connectivity index (χ1n) is 9.42. The lowest BCUT2D eigenvalue weighted by molar-refractivity contribution is 0.0467. The number of hydrogen-bond donors (Lipinski definition) is 0. The predicted octanol–water partition coefficient (Wildman–Crippen LogP) is 2.98. The van der Waals surface area contributed by atoms with Gasteiger partial charge >= 0.3 is 5.97 Å². The van der Waals surface area contributed by atoms with Crippen LogP contribution in [0, 0.1) is 13.8 Å². The van der Waals surface area contributed by atoms with Crippen molar-refractivity contribution in [3.63, 3.8) is 0 Å². The normalized spacial score (nSPS) is 13.7. The molecule has 0 unspecified atom stereocenters. The number of carbonyl (C=O) groups is 2. The molecular formula is C20H21N5O3S. The van der Waals surface area contributed by atoms with Gasteiger partial charge in [0, 0.05) is 41.6 Å². The molecule has 1 saturated heterocycles. The van der Waals surface area contributed by atoms with E-state index in [2.05, 4.69) is 20.1 Å². The fourth-order valence-electron chi connectivity index (χ4n) is 3.50. The molecule has 9 heteroatoms. The molecule has 3 aromatic rings. The molecule has 0 spiro atoms. The van der Waals surface area contributed by atoms with Crippen LogP contribution in [0.3, 0.4) is 0 Å². The number of ketones is 1. The van der Waals surface area contributed by atoms with Crippen LogP contribution in [0.4, 0.5) is 5.82 Å². The number of hydrogen-bond acceptors (Lipinski definition) is 8. The minimum absolute atomic E-state index is 0.0917. The zero-order valence-corrected chi connectivity index (χ0v) is 17.1. The Morgan fingerprint density at radius 3 is 2.62 bits per heavy atom. The van der Waals surface area contributed by atoms with Crippen LogP contribution in [0.1, 0.15) is 45.1 Å². The summed E-state index contributed by atoms with van der Waals surface area (Å²) in [4.78, 5) is 31.3. The quantitative estimate of drug-likeness (QED) is 0.455. The van der Waals surface area contributed by atoms with Gasteiger partial charge in [-0.1, -0.05) is 0 Å². The lowest BCUT2D eigenvalue weighted by atomic mass is 10.1. The molecule has 3 aromatic heterocycles. The van der Waals surface area contributed by atoms with E-state index in [-0.39, 0.29) is 18.1 Å². The van der Waals surface area contributed by atoms with Crippen molar-refractivity contribution >= 4 is 28.9 Å². The molecule has 4 heterocycles. The summed E-state index contributed by atoms with van der Waals surface area (Å²) < 4.78 is 7.10. The summed E-state index contributed by atoms with van der Waals surface area (Å²) in [6.45, 7) is 5.32. The van der Waals surface area contributed by atoms with Gasteiger partial charge in [-0.15, -0.1) is 21.5 Å². The summed E-state index contributed by atoms with van der Waals surface area (Å²) >= 11 is 1.49. The molecule has 0 aromatic carbocycles. The highest BCUT2D eigenvalue weighted by atomic mass is 32.1. The highest BCUT2D eigenvalue weighted by Crippen LogP contribution is 2.23. The van der Waals surface area contributed by atoms with Crippen molar-refractivity contribution in [2.75, 3.05) is 24.6 Å². The first-order valence-corrected chi connectivity index (χ1v) is 10.3. The number of rotatable bonds is 6. The lowest BCUT2D eigenvalue weighted by Gasteiger charge is -2.15. The number of nitrogens with zero attached hydrogens (tertiary/aromatic N) is 5. The number of anilines is 1. The second kappa shape index (κ2) is 8.12. The van der Waals surface area contributed by atoms with E-state index in [1.54, 1.807) is 24.4 Å². The smallest absolute Gasteiger partial charge is 0.359 e. The van der Waals surface area contributed by atoms with Gasteiger partial charge in [0.05, 0.1) is 0 Å². The van der Waals surface area contributed by atoms with Gasteiger partial charge in [-0.25, -0.2) is 9.78 Å². The number of thiazole rings is 1. The van der Waals surface area contributed by atoms with Gasteiger partial charge in [0.25, 0.3) is 0 Å². The highest BCUT2D eigenvalue weighted by Gasteiger charge is 2.20. The summed E-state index contributed by atoms with van der Waals surface area (Å²) in [6.07, 6.45) is 3.99. The van der Waals surface area contributed by atoms with Gasteiger partial charge in [-0.2, -0.15) is 0 Å². The van der Waals surface area contributed by atoms with Gasteiger partial charge < -0.3 is 9.64 Å². The van der Waals surface area contributed by atoms with E-state index in [4.69, 9.17) is 4.74 Å². The van der Waals surface area contributed by atoms with Crippen molar-refractivity contribution in [3.8, 4) is 5.13 Å². The van der Waals surface area contributed by atoms with Crippen LogP contribution in [0.2, 0.25) is 0 Å². The summed E-state index contributed by atoms with van der Waals surface area (Å²) in [5, 5.41) is 10.7. The molecular weight excluding hydrogens is 390 g/mol. The van der Waals surface area contributed by atoms with E-state index in [0.29, 0.717) is 5.56 Å². The summed E-state index contributed by atoms with van der Waals surface area (Å²) in [5.74, 6) is -0.173. The molecule has 0 saturated carbocycles. The third kappa shape index (κ3) is 3.91. The first-order chi connectivity index (χ1) is 14.0. The molecule has 1 aliphatic heterocycles. The monoisotopic (exact) mass is 411 g/mol. The summed E-state index contributed by atoms with van der Waals surface area (Å²) in [5.41, 5.74) is 2.28. The SMILES string of the molecule is Cc1cc(C(=O)COC(=O)c2ccc(N3CCCC3)nn2)c(C)n1-c1nccs1. The maximum absolute atomic E-state index is 12.6. The minimum atomic E-state index is -0.660. The van der Waals surface area contributed by atoms with Crippen molar-refractivity contribution in [1.29, 1.82) is 0 Å². The highest BCUT2D eigenvalue weighted by molar-refractivity contribution is 7.12. The number of aryl methyl sites for hydroxylation is 1. The van der Waals surface area contributed by atoms with Crippen molar-refractivity contribution in [1.82, 2.24) is 19.7 Å². The van der Waals surface area contributed by atoms with E-state index in [1.807, 2.05) is 23.8 Å². The molecule has 4 rings (SSSR count). The molecule has 1 aliphatic rings. The van der Waals surface area contributed by atoms with Crippen molar-refractivity contribution in [2.45, 2.75) is 26.7 Å². The maximum atomic E-state index is 12.6. The molecule has 150 valence electrons. The lowest BCUT2D eigenvalue weighted by Crippen LogP contribution is -2.20. The van der Waals surface area contributed by atoms with Crippen LogP contribution >= 0.6 is 11.3 Å². The van der Waals surface area contributed by atoms with Gasteiger partial charge in [0.2, 0.25) is 5.78 Å². The third-order valence-corrected chi connectivity index (χ3v) is 5.72. The maximum Gasteiger partial charge on any atom is 0.359 e. The second-order valence-electron chi connectivity index (χ2n) is 6.91. The fourth-order valence-corrected chi connectivity index (χ4v) is 4.25. The summed E-state index contributed by atoms with van der Waals surface area (Å²) in [7, 11) is 0. The van der Waals surface area contributed by atoms with Gasteiger partial charge in [-0.05, 0) is 44.9 Å². The largest absolute Gasteiger partial charge is 0.453 e. The van der Waals surface area contributed by atoms with E-state index >= 15 is 0 Å². The molecule has 0 radical (unpaired) electrons. The van der Waals surface area contributed by atoms with Crippen molar-refractivity contribution in [3.05, 3.63) is 52.4 Å². The first kappa shape index (κ1) is 19.3. The van der Waals surface area contributed by atoms with Crippen molar-refractivity contribution < 1.29 is 14.3 Å². The number of Topliss-reactive ketones (excluding diaryl/α,β-unsaturated/α-hetero) is 1. The van der Waals surface area contributed by atoms with E-state index < -0.39 is 5.97 Å². The molecule has 0 bridgehead atoms. The zero-order valence-electron chi connectivity index (χ0n) is 16.3. The molecule has 29 heavy (non-hydrogen) atoms. The standard InChI is InChI=1S/C20H21N5O3S/c1-13-11-15(14(2)25(13)20-21-7-10-29-20)17(26)12-28-19(27)16-5-6-18(23-22-16)24-8-3-4-9-24/h5-7,10-11H,3-4,8-9,12H2,1-2H3. The summed E-state index contributed by atoms with van der Waals surface area (Å²) in [6, 6.07) is 5.14. The van der Waals surface area contributed by atoms with Gasteiger partial charge in [0.1, 0.15) is 0 Å². The second-order valence-corrected chi connectivity index (χ2v) is 7.78. The minimum Gasteiger partial charge on any atom is -0.453 e. The Bertz CT molecular complexity index is 1020. The van der Waals surface area contributed by atoms with E-state index in [1.165, 1.54) is 11.3 Å². The van der Waals surface area contributed by atoms with Crippen LogP contribution in [-0.2, 0) is 4.74 Å². The Labute approximate surface area is 172 Å². The Morgan fingerprint density at radius 1 is 1.17 bits per heavy atom. The van der Waals surface area contributed by atoms with Crippen LogP contribution < -0.4 is 4.90 Å². The molecule has 0 aliphatic carbocycles. The molecule has 8 nitrogen and oxygen atoms in total. The van der Waals surface area contributed by atoms with Crippen LogP contribution in [0.15, 0.2) is 29.8 Å². The average molecular weight is 411 g/mol. The molecule has 1 fully saturated rings. The zero-order chi connectivity index (χ0) is 20.4. The molecule has 0 atom stereocenters. The number of ether oxygens (including phenoxy) is 1. The fraction of sp³-hybridized carbons (Fsp3) is 0.350. The molecule has 0 N–H and O–H groups in total. The Kier molecular flexibility index (Phi) is 5.39. The Balaban J connectivity index is 1.41. The Hall–Kier alpha value is -3.07. The van der Waals surface area contributed by atoms with Crippen molar-refractivity contribution in [2.24, 2.45) is 0 Å². The average Bonchev–Trinajstić information content (AvgIpc) is 3.48. The van der Waals surface area contributed by atoms with E-state index in [9.17, 15) is 9.59 Å². The molecule has 0 amide bonds.